The number of amides is 1. The molecule has 0 radical (unpaired) electrons. The summed E-state index contributed by atoms with van der Waals surface area (Å²) in [5.74, 6) is 4.09. The van der Waals surface area contributed by atoms with Crippen LogP contribution in [0.5, 0.6) is 34.5 Å². The van der Waals surface area contributed by atoms with E-state index in [4.69, 9.17) is 28.4 Å². The molecule has 1 amide bonds. The summed E-state index contributed by atoms with van der Waals surface area (Å²) in [7, 11) is 3.27. The van der Waals surface area contributed by atoms with Gasteiger partial charge >= 0.3 is 0 Å². The number of carbonyl (C=O) groups is 1. The third kappa shape index (κ3) is 6.37. The highest BCUT2D eigenvalue weighted by Crippen LogP contribution is 2.34. The molecule has 0 saturated carbocycles. The van der Waals surface area contributed by atoms with Crippen LogP contribution in [0.1, 0.15) is 32.2 Å². The van der Waals surface area contributed by atoms with Crippen molar-refractivity contribution in [3.63, 3.8) is 0 Å². The molecule has 10 nitrogen and oxygen atoms in total. The highest BCUT2D eigenvalue weighted by molar-refractivity contribution is 7.09. The van der Waals surface area contributed by atoms with E-state index in [9.17, 15) is 4.79 Å². The lowest BCUT2D eigenvalue weighted by atomic mass is 10.1. The summed E-state index contributed by atoms with van der Waals surface area (Å²) in [5.41, 5.74) is 3.56. The predicted molar refractivity (Wildman–Crippen MR) is 156 cm³/mol. The van der Waals surface area contributed by atoms with Crippen molar-refractivity contribution >= 4 is 17.2 Å². The molecule has 0 saturated heterocycles. The van der Waals surface area contributed by atoms with Crippen LogP contribution in [0, 0.1) is 0 Å². The first-order valence-corrected chi connectivity index (χ1v) is 14.4. The number of benzene rings is 3. The number of thiazole rings is 1. The molecule has 6 rings (SSSR count). The van der Waals surface area contributed by atoms with E-state index in [1.165, 1.54) is 11.3 Å². The van der Waals surface area contributed by atoms with Crippen LogP contribution in [0.3, 0.4) is 0 Å². The molecule has 1 N–H and O–H groups in total. The second-order valence-corrected chi connectivity index (χ2v) is 10.8. The molecule has 3 aromatic carbocycles. The number of ether oxygens (including phenoxy) is 6. The summed E-state index contributed by atoms with van der Waals surface area (Å²) in [6.45, 7) is 2.84. The Morgan fingerprint density at radius 3 is 2.24 bits per heavy atom. The molecule has 4 aromatic rings. The molecule has 0 fully saturated rings. The van der Waals surface area contributed by atoms with Gasteiger partial charge in [-0.1, -0.05) is 18.2 Å². The second-order valence-electron chi connectivity index (χ2n) is 9.83. The summed E-state index contributed by atoms with van der Waals surface area (Å²) in [6.07, 6.45) is 0.791. The average Bonchev–Trinajstić information content (AvgIpc) is 3.79. The first-order chi connectivity index (χ1) is 20.6. The molecule has 2 aliphatic rings. The third-order valence-corrected chi connectivity index (χ3v) is 7.87. The van der Waals surface area contributed by atoms with Gasteiger partial charge in [-0.05, 0) is 59.5 Å². The van der Waals surface area contributed by atoms with Crippen LogP contribution < -0.4 is 33.7 Å². The average molecular weight is 590 g/mol. The molecule has 3 heterocycles. The van der Waals surface area contributed by atoms with E-state index in [0.29, 0.717) is 48.3 Å². The Hall–Kier alpha value is -4.48. The molecule has 0 bridgehead atoms. The number of nitrogens with one attached hydrogen (secondary N) is 1. The number of rotatable bonds is 12. The van der Waals surface area contributed by atoms with Crippen LogP contribution >= 0.6 is 11.3 Å². The van der Waals surface area contributed by atoms with Gasteiger partial charge in [0.25, 0.3) is 5.91 Å². The van der Waals surface area contributed by atoms with E-state index in [0.717, 1.165) is 46.2 Å². The summed E-state index contributed by atoms with van der Waals surface area (Å²) < 4.78 is 32.7. The topological polar surface area (TPSA) is 101 Å². The Balaban J connectivity index is 1.12. The van der Waals surface area contributed by atoms with Crippen LogP contribution in [0.15, 0.2) is 60.0 Å². The number of carbonyl (C=O) groups excluding carboxylic acids is 1. The Morgan fingerprint density at radius 1 is 0.833 bits per heavy atom. The van der Waals surface area contributed by atoms with Gasteiger partial charge in [0, 0.05) is 25.0 Å². The SMILES string of the molecule is COc1ccc(CCN(Cc2ccc3c(c2)OCO3)Cc2nc(C(=O)NCc3ccc4c(c3)OCO4)cs2)cc1OC. The van der Waals surface area contributed by atoms with Gasteiger partial charge in [-0.25, -0.2) is 4.98 Å². The van der Waals surface area contributed by atoms with Gasteiger partial charge in [-0.15, -0.1) is 11.3 Å². The Kier molecular flexibility index (Phi) is 8.29. The van der Waals surface area contributed by atoms with E-state index in [1.54, 1.807) is 19.6 Å². The Morgan fingerprint density at radius 2 is 1.50 bits per heavy atom. The van der Waals surface area contributed by atoms with Gasteiger partial charge in [0.15, 0.2) is 34.5 Å². The lowest BCUT2D eigenvalue weighted by Crippen LogP contribution is -2.26. The first-order valence-electron chi connectivity index (χ1n) is 13.5. The zero-order chi connectivity index (χ0) is 28.9. The normalized spacial score (nSPS) is 12.9. The minimum absolute atomic E-state index is 0.215. The van der Waals surface area contributed by atoms with Gasteiger partial charge in [0.05, 0.1) is 20.8 Å². The van der Waals surface area contributed by atoms with E-state index >= 15 is 0 Å². The quantitative estimate of drug-likeness (QED) is 0.250. The van der Waals surface area contributed by atoms with Crippen LogP contribution in [-0.2, 0) is 26.1 Å². The molecule has 0 unspecified atom stereocenters. The predicted octanol–water partition coefficient (Wildman–Crippen LogP) is 4.79. The fourth-order valence-electron chi connectivity index (χ4n) is 4.84. The van der Waals surface area contributed by atoms with Crippen LogP contribution in [-0.4, -0.2) is 50.1 Å². The van der Waals surface area contributed by atoms with Crippen LogP contribution in [0.25, 0.3) is 0 Å². The highest BCUT2D eigenvalue weighted by atomic mass is 32.1. The maximum atomic E-state index is 12.9. The molecular formula is C31H31N3O7S. The molecular weight excluding hydrogens is 558 g/mol. The molecule has 0 atom stereocenters. The lowest BCUT2D eigenvalue weighted by molar-refractivity contribution is 0.0946. The fourth-order valence-corrected chi connectivity index (χ4v) is 5.65. The van der Waals surface area contributed by atoms with Crippen molar-refractivity contribution in [1.82, 2.24) is 15.2 Å². The van der Waals surface area contributed by atoms with Crippen molar-refractivity contribution in [3.8, 4) is 34.5 Å². The molecule has 218 valence electrons. The van der Waals surface area contributed by atoms with E-state index in [2.05, 4.69) is 15.2 Å². The number of methoxy groups -OCH3 is 2. The number of hydrogen-bond acceptors (Lipinski definition) is 10. The largest absolute Gasteiger partial charge is 0.493 e. The van der Waals surface area contributed by atoms with E-state index < -0.39 is 0 Å². The minimum Gasteiger partial charge on any atom is -0.493 e. The van der Waals surface area contributed by atoms with Crippen molar-refractivity contribution < 1.29 is 33.2 Å². The van der Waals surface area contributed by atoms with Crippen molar-refractivity contribution in [3.05, 3.63) is 87.4 Å². The zero-order valence-electron chi connectivity index (χ0n) is 23.4. The summed E-state index contributed by atoms with van der Waals surface area (Å²) >= 11 is 1.48. The Bertz CT molecular complexity index is 1570. The molecule has 0 aliphatic carbocycles. The highest BCUT2D eigenvalue weighted by Gasteiger charge is 2.18. The monoisotopic (exact) mass is 589 g/mol. The first kappa shape index (κ1) is 27.7. The fraction of sp³-hybridized carbons (Fsp3) is 0.290. The summed E-state index contributed by atoms with van der Waals surface area (Å²) in [5, 5.41) is 5.61. The zero-order valence-corrected chi connectivity index (χ0v) is 24.2. The molecule has 2 aliphatic heterocycles. The molecule has 42 heavy (non-hydrogen) atoms. The van der Waals surface area contributed by atoms with Gasteiger partial charge < -0.3 is 33.7 Å². The molecule has 0 spiro atoms. The van der Waals surface area contributed by atoms with E-state index in [-0.39, 0.29) is 19.5 Å². The smallest absolute Gasteiger partial charge is 0.271 e. The van der Waals surface area contributed by atoms with Crippen LogP contribution in [0.2, 0.25) is 0 Å². The van der Waals surface area contributed by atoms with Gasteiger partial charge in [0.2, 0.25) is 13.6 Å². The number of nitrogens with zero attached hydrogens (tertiary/aromatic N) is 2. The van der Waals surface area contributed by atoms with Gasteiger partial charge in [-0.3, -0.25) is 9.69 Å². The second kappa shape index (κ2) is 12.6. The summed E-state index contributed by atoms with van der Waals surface area (Å²) in [6, 6.07) is 17.6. The standard InChI is InChI=1S/C31H31N3O7S/c1-36-24-6-3-20(11-27(24)37-2)9-10-34(15-22-5-8-26-29(13-22)41-19-39-26)16-30-33-23(17-42-30)31(35)32-14-21-4-7-25-28(12-21)40-18-38-25/h3-8,11-13,17H,9-10,14-16,18-19H2,1-2H3,(H,32,35). The third-order valence-electron chi connectivity index (χ3n) is 7.04. The van der Waals surface area contributed by atoms with Crippen molar-refractivity contribution in [2.75, 3.05) is 34.4 Å². The number of aromatic nitrogens is 1. The maximum Gasteiger partial charge on any atom is 0.271 e. The van der Waals surface area contributed by atoms with Gasteiger partial charge in [-0.2, -0.15) is 0 Å². The molecule has 11 heteroatoms. The number of fused-ring (bicyclic) bond motifs is 2. The van der Waals surface area contributed by atoms with Gasteiger partial charge in [0.1, 0.15) is 10.7 Å². The minimum atomic E-state index is -0.220. The molecule has 1 aromatic heterocycles. The van der Waals surface area contributed by atoms with Crippen LogP contribution in [0.4, 0.5) is 0 Å². The van der Waals surface area contributed by atoms with Crippen molar-refractivity contribution in [2.24, 2.45) is 0 Å². The van der Waals surface area contributed by atoms with E-state index in [1.807, 2.05) is 54.6 Å². The summed E-state index contributed by atoms with van der Waals surface area (Å²) in [4.78, 5) is 19.9. The number of hydrogen-bond donors (Lipinski definition) is 1. The van der Waals surface area contributed by atoms with Crippen molar-refractivity contribution in [1.29, 1.82) is 0 Å². The lowest BCUT2D eigenvalue weighted by Gasteiger charge is -2.22. The van der Waals surface area contributed by atoms with Crippen molar-refractivity contribution in [2.45, 2.75) is 26.1 Å². The maximum absolute atomic E-state index is 12.9. The Labute approximate surface area is 247 Å².